The maximum Gasteiger partial charge on any atom is 0.408 e. The van der Waals surface area contributed by atoms with Crippen LogP contribution in [0.25, 0.3) is 0 Å². The Bertz CT molecular complexity index is 908. The molecule has 0 aliphatic rings. The minimum Gasteiger partial charge on any atom is -0.459 e. The van der Waals surface area contributed by atoms with E-state index in [9.17, 15) is 19.7 Å². The molecule has 0 radical (unpaired) electrons. The van der Waals surface area contributed by atoms with E-state index < -0.39 is 34.7 Å². The van der Waals surface area contributed by atoms with Crippen LogP contribution in [0.2, 0.25) is 0 Å². The standard InChI is InChI=1S/C23H28N2O7/c1-16(32-23(2,3)4)20(24-22(27)31-15-17-8-6-5-7-9-17)21(26)30-14-18-10-12-19(13-11-18)25(28)29/h5-13,16,20H,14-15H2,1-4H3,(H,24,27)/t16-,20+/m0/s1. The van der Waals surface area contributed by atoms with Gasteiger partial charge in [0.05, 0.1) is 16.6 Å². The van der Waals surface area contributed by atoms with Gasteiger partial charge in [-0.2, -0.15) is 0 Å². The van der Waals surface area contributed by atoms with Crippen molar-refractivity contribution in [2.45, 2.75) is 58.7 Å². The second-order valence-electron chi connectivity index (χ2n) is 8.15. The van der Waals surface area contributed by atoms with E-state index in [4.69, 9.17) is 14.2 Å². The fourth-order valence-corrected chi connectivity index (χ4v) is 2.84. The van der Waals surface area contributed by atoms with Gasteiger partial charge in [0.1, 0.15) is 13.2 Å². The first-order valence-electron chi connectivity index (χ1n) is 10.1. The first-order chi connectivity index (χ1) is 15.0. The summed E-state index contributed by atoms with van der Waals surface area (Å²) in [5, 5.41) is 13.3. The van der Waals surface area contributed by atoms with Gasteiger partial charge in [0.25, 0.3) is 5.69 Å². The molecule has 32 heavy (non-hydrogen) atoms. The van der Waals surface area contributed by atoms with Gasteiger partial charge in [-0.15, -0.1) is 0 Å². The highest BCUT2D eigenvalue weighted by atomic mass is 16.6. The lowest BCUT2D eigenvalue weighted by Crippen LogP contribution is -2.51. The largest absolute Gasteiger partial charge is 0.459 e. The molecular weight excluding hydrogens is 416 g/mol. The molecule has 0 saturated heterocycles. The molecule has 2 aromatic rings. The number of carbonyl (C=O) groups excluding carboxylic acids is 2. The Labute approximate surface area is 186 Å². The van der Waals surface area contributed by atoms with Crippen LogP contribution >= 0.6 is 0 Å². The Kier molecular flexibility index (Phi) is 8.71. The van der Waals surface area contributed by atoms with Crippen molar-refractivity contribution >= 4 is 17.7 Å². The molecule has 0 heterocycles. The van der Waals surface area contributed by atoms with Crippen molar-refractivity contribution in [1.29, 1.82) is 0 Å². The number of nitrogens with zero attached hydrogens (tertiary/aromatic N) is 1. The number of amides is 1. The zero-order chi connectivity index (χ0) is 23.7. The van der Waals surface area contributed by atoms with Gasteiger partial charge in [0.2, 0.25) is 0 Å². The third-order valence-corrected chi connectivity index (χ3v) is 4.28. The van der Waals surface area contributed by atoms with Crippen molar-refractivity contribution in [3.8, 4) is 0 Å². The smallest absolute Gasteiger partial charge is 0.408 e. The molecule has 0 aliphatic carbocycles. The Hall–Kier alpha value is -3.46. The monoisotopic (exact) mass is 444 g/mol. The van der Waals surface area contributed by atoms with Gasteiger partial charge in [-0.05, 0) is 51.0 Å². The van der Waals surface area contributed by atoms with Crippen LogP contribution in [-0.2, 0) is 32.2 Å². The van der Waals surface area contributed by atoms with E-state index in [0.29, 0.717) is 5.56 Å². The molecular formula is C23H28N2O7. The number of alkyl carbamates (subject to hydrolysis) is 1. The number of non-ortho nitro benzene ring substituents is 1. The normalized spacial score (nSPS) is 13.0. The molecule has 0 fully saturated rings. The van der Waals surface area contributed by atoms with Crippen LogP contribution < -0.4 is 5.32 Å². The number of nitro groups is 1. The van der Waals surface area contributed by atoms with Crippen LogP contribution in [0.4, 0.5) is 10.5 Å². The third kappa shape index (κ3) is 8.35. The third-order valence-electron chi connectivity index (χ3n) is 4.28. The average Bonchev–Trinajstić information content (AvgIpc) is 2.74. The summed E-state index contributed by atoms with van der Waals surface area (Å²) in [6.07, 6.45) is -1.49. The first-order valence-corrected chi connectivity index (χ1v) is 10.1. The molecule has 0 aromatic heterocycles. The number of nitro benzene ring substituents is 1. The first kappa shape index (κ1) is 24.8. The molecule has 0 unspecified atom stereocenters. The average molecular weight is 444 g/mol. The van der Waals surface area contributed by atoms with Gasteiger partial charge in [-0.25, -0.2) is 9.59 Å². The van der Waals surface area contributed by atoms with Crippen molar-refractivity contribution in [3.05, 3.63) is 75.8 Å². The second kappa shape index (κ2) is 11.2. The van der Waals surface area contributed by atoms with Crippen LogP contribution in [-0.4, -0.2) is 34.7 Å². The zero-order valence-electron chi connectivity index (χ0n) is 18.6. The van der Waals surface area contributed by atoms with E-state index in [0.717, 1.165) is 5.56 Å². The molecule has 1 amide bonds. The molecule has 2 atom stereocenters. The van der Waals surface area contributed by atoms with Gasteiger partial charge in [-0.1, -0.05) is 30.3 Å². The summed E-state index contributed by atoms with van der Waals surface area (Å²) in [4.78, 5) is 35.3. The molecule has 2 aromatic carbocycles. The number of rotatable bonds is 9. The molecule has 172 valence electrons. The topological polar surface area (TPSA) is 117 Å². The predicted molar refractivity (Wildman–Crippen MR) is 117 cm³/mol. The predicted octanol–water partition coefficient (Wildman–Crippen LogP) is 4.14. The molecule has 1 N–H and O–H groups in total. The molecule has 0 saturated carbocycles. The maximum atomic E-state index is 12.7. The van der Waals surface area contributed by atoms with E-state index in [1.165, 1.54) is 24.3 Å². The molecule has 9 heteroatoms. The number of carbonyl (C=O) groups is 2. The fourth-order valence-electron chi connectivity index (χ4n) is 2.84. The highest BCUT2D eigenvalue weighted by molar-refractivity contribution is 5.82. The lowest BCUT2D eigenvalue weighted by molar-refractivity contribution is -0.384. The van der Waals surface area contributed by atoms with E-state index in [2.05, 4.69) is 5.32 Å². The number of hydrogen-bond donors (Lipinski definition) is 1. The minimum absolute atomic E-state index is 0.0474. The summed E-state index contributed by atoms with van der Waals surface area (Å²) in [5.41, 5.74) is 0.747. The lowest BCUT2D eigenvalue weighted by atomic mass is 10.1. The van der Waals surface area contributed by atoms with Crippen molar-refractivity contribution in [3.63, 3.8) is 0 Å². The number of esters is 1. The van der Waals surface area contributed by atoms with Gasteiger partial charge < -0.3 is 19.5 Å². The van der Waals surface area contributed by atoms with Crippen molar-refractivity contribution in [2.24, 2.45) is 0 Å². The van der Waals surface area contributed by atoms with Crippen molar-refractivity contribution in [2.75, 3.05) is 0 Å². The highest BCUT2D eigenvalue weighted by Crippen LogP contribution is 2.16. The summed E-state index contributed by atoms with van der Waals surface area (Å²) >= 11 is 0. The quantitative estimate of drug-likeness (QED) is 0.351. The number of nitrogens with one attached hydrogen (secondary N) is 1. The molecule has 0 bridgehead atoms. The second-order valence-corrected chi connectivity index (χ2v) is 8.15. The lowest BCUT2D eigenvalue weighted by Gasteiger charge is -2.30. The van der Waals surface area contributed by atoms with Gasteiger partial charge in [0.15, 0.2) is 6.04 Å². The summed E-state index contributed by atoms with van der Waals surface area (Å²) in [7, 11) is 0. The van der Waals surface area contributed by atoms with Crippen LogP contribution in [0.15, 0.2) is 54.6 Å². The SMILES string of the molecule is C[C@H](OC(C)(C)C)[C@@H](NC(=O)OCc1ccccc1)C(=O)OCc1ccc([N+](=O)[O-])cc1. The molecule has 2 rings (SSSR count). The van der Waals surface area contributed by atoms with Gasteiger partial charge >= 0.3 is 12.1 Å². The Morgan fingerprint density at radius 2 is 1.53 bits per heavy atom. The number of hydrogen-bond acceptors (Lipinski definition) is 7. The zero-order valence-corrected chi connectivity index (χ0v) is 18.6. The highest BCUT2D eigenvalue weighted by Gasteiger charge is 2.32. The van der Waals surface area contributed by atoms with Crippen LogP contribution in [0.5, 0.6) is 0 Å². The summed E-state index contributed by atoms with van der Waals surface area (Å²) < 4.78 is 16.4. The van der Waals surface area contributed by atoms with E-state index in [1.54, 1.807) is 6.92 Å². The van der Waals surface area contributed by atoms with Crippen molar-refractivity contribution in [1.82, 2.24) is 5.32 Å². The van der Waals surface area contributed by atoms with E-state index in [-0.39, 0.29) is 18.9 Å². The minimum atomic E-state index is -1.12. The van der Waals surface area contributed by atoms with Crippen LogP contribution in [0.1, 0.15) is 38.8 Å². The summed E-state index contributed by atoms with van der Waals surface area (Å²) in [5.74, 6) is -0.711. The Balaban J connectivity index is 2.01. The fraction of sp³-hybridized carbons (Fsp3) is 0.391. The summed E-state index contributed by atoms with van der Waals surface area (Å²) in [6.45, 7) is 7.08. The van der Waals surface area contributed by atoms with Crippen LogP contribution in [0, 0.1) is 10.1 Å². The number of ether oxygens (including phenoxy) is 3. The molecule has 0 aliphatic heterocycles. The molecule has 9 nitrogen and oxygen atoms in total. The van der Waals surface area contributed by atoms with E-state index in [1.807, 2.05) is 51.1 Å². The number of benzene rings is 2. The Morgan fingerprint density at radius 1 is 0.969 bits per heavy atom. The maximum absolute atomic E-state index is 12.7. The summed E-state index contributed by atoms with van der Waals surface area (Å²) in [6, 6.07) is 13.7. The van der Waals surface area contributed by atoms with Crippen molar-refractivity contribution < 1.29 is 28.7 Å². The van der Waals surface area contributed by atoms with Gasteiger partial charge in [0, 0.05) is 12.1 Å². The van der Waals surface area contributed by atoms with Crippen LogP contribution in [0.3, 0.4) is 0 Å². The molecule has 0 spiro atoms. The van der Waals surface area contributed by atoms with E-state index >= 15 is 0 Å². The van der Waals surface area contributed by atoms with Gasteiger partial charge in [-0.3, -0.25) is 10.1 Å². The Morgan fingerprint density at radius 3 is 2.09 bits per heavy atom.